The largest absolute Gasteiger partial charge is 0.481 e. The van der Waals surface area contributed by atoms with Gasteiger partial charge in [0.25, 0.3) is 0 Å². The fraction of sp³-hybridized carbons (Fsp3) is 0.923. The summed E-state index contributed by atoms with van der Waals surface area (Å²) in [5.74, 6) is 0.436. The highest BCUT2D eigenvalue weighted by molar-refractivity contribution is 5.67. The Hall–Kier alpha value is -0.570. The summed E-state index contributed by atoms with van der Waals surface area (Å²) in [5.41, 5.74) is 5.90. The molecule has 0 aliphatic heterocycles. The topological polar surface area (TPSA) is 63.3 Å². The van der Waals surface area contributed by atoms with Crippen molar-refractivity contribution in [2.45, 2.75) is 47.0 Å². The predicted octanol–water partition coefficient (Wildman–Crippen LogP) is 2.50. The van der Waals surface area contributed by atoms with E-state index in [1.807, 2.05) is 0 Å². The Kier molecular flexibility index (Phi) is 3.68. The molecule has 1 aliphatic rings. The van der Waals surface area contributed by atoms with E-state index in [-0.39, 0.29) is 17.3 Å². The van der Waals surface area contributed by atoms with Crippen molar-refractivity contribution in [3.8, 4) is 0 Å². The summed E-state index contributed by atoms with van der Waals surface area (Å²) < 4.78 is 0. The summed E-state index contributed by atoms with van der Waals surface area (Å²) in [6.45, 7) is 9.44. The fourth-order valence-electron chi connectivity index (χ4n) is 3.44. The molecule has 0 heterocycles. The Morgan fingerprint density at radius 1 is 1.44 bits per heavy atom. The van der Waals surface area contributed by atoms with Crippen LogP contribution in [0.25, 0.3) is 0 Å². The minimum atomic E-state index is -0.716. The van der Waals surface area contributed by atoms with Crippen LogP contribution in [0.15, 0.2) is 0 Å². The summed E-state index contributed by atoms with van der Waals surface area (Å²) >= 11 is 0. The predicted molar refractivity (Wildman–Crippen MR) is 65.1 cm³/mol. The minimum Gasteiger partial charge on any atom is -0.481 e. The lowest BCUT2D eigenvalue weighted by Gasteiger charge is -2.32. The number of carbonyl (C=O) groups is 1. The summed E-state index contributed by atoms with van der Waals surface area (Å²) in [4.78, 5) is 10.9. The van der Waals surface area contributed by atoms with Crippen molar-refractivity contribution in [2.24, 2.45) is 28.4 Å². The normalized spacial score (nSPS) is 35.3. The molecule has 0 bridgehead atoms. The first-order valence-corrected chi connectivity index (χ1v) is 6.12. The molecule has 94 valence electrons. The van der Waals surface area contributed by atoms with Crippen molar-refractivity contribution in [3.63, 3.8) is 0 Å². The first-order chi connectivity index (χ1) is 7.20. The van der Waals surface area contributed by atoms with Crippen LogP contribution in [0, 0.1) is 22.7 Å². The summed E-state index contributed by atoms with van der Waals surface area (Å²) in [7, 11) is 0. The molecule has 3 nitrogen and oxygen atoms in total. The molecule has 1 saturated carbocycles. The number of hydrogen-bond donors (Lipinski definition) is 2. The molecular formula is C13H25NO2. The molecule has 3 heteroatoms. The zero-order valence-electron chi connectivity index (χ0n) is 10.9. The number of hydrogen-bond acceptors (Lipinski definition) is 2. The van der Waals surface area contributed by atoms with Gasteiger partial charge in [-0.2, -0.15) is 0 Å². The van der Waals surface area contributed by atoms with Crippen molar-refractivity contribution in [3.05, 3.63) is 0 Å². The smallest absolute Gasteiger partial charge is 0.303 e. The van der Waals surface area contributed by atoms with E-state index in [9.17, 15) is 4.79 Å². The monoisotopic (exact) mass is 227 g/mol. The lowest BCUT2D eigenvalue weighted by molar-refractivity contribution is -0.139. The van der Waals surface area contributed by atoms with E-state index in [0.717, 1.165) is 12.8 Å². The van der Waals surface area contributed by atoms with Gasteiger partial charge in [-0.1, -0.05) is 27.7 Å². The number of aliphatic carboxylic acids is 1. The van der Waals surface area contributed by atoms with Gasteiger partial charge in [-0.25, -0.2) is 0 Å². The number of nitrogens with two attached hydrogens (primary N) is 1. The van der Waals surface area contributed by atoms with E-state index in [1.54, 1.807) is 0 Å². The molecule has 0 spiro atoms. The van der Waals surface area contributed by atoms with E-state index in [0.29, 0.717) is 18.4 Å². The second kappa shape index (κ2) is 4.36. The van der Waals surface area contributed by atoms with Crippen LogP contribution in [-0.2, 0) is 4.79 Å². The van der Waals surface area contributed by atoms with Gasteiger partial charge in [-0.3, -0.25) is 4.79 Å². The molecule has 16 heavy (non-hydrogen) atoms. The molecule has 3 atom stereocenters. The van der Waals surface area contributed by atoms with Gasteiger partial charge in [0.05, 0.1) is 6.42 Å². The van der Waals surface area contributed by atoms with Crippen molar-refractivity contribution >= 4 is 5.97 Å². The molecule has 0 radical (unpaired) electrons. The van der Waals surface area contributed by atoms with E-state index in [1.165, 1.54) is 0 Å². The molecule has 0 saturated heterocycles. The van der Waals surface area contributed by atoms with Gasteiger partial charge in [0.1, 0.15) is 0 Å². The van der Waals surface area contributed by atoms with Crippen molar-refractivity contribution in [1.82, 2.24) is 0 Å². The molecular weight excluding hydrogens is 202 g/mol. The quantitative estimate of drug-likeness (QED) is 0.778. The van der Waals surface area contributed by atoms with Gasteiger partial charge in [-0.15, -0.1) is 0 Å². The maximum absolute atomic E-state index is 10.9. The highest BCUT2D eigenvalue weighted by Gasteiger charge is 2.47. The van der Waals surface area contributed by atoms with Gasteiger partial charge in [0, 0.05) is 0 Å². The molecule has 0 aromatic heterocycles. The SMILES string of the molecule is C[C@H]1C[C@@](CN)(CC(=O)O)C[C@@H]1C(C)(C)C. The molecule has 0 unspecified atom stereocenters. The highest BCUT2D eigenvalue weighted by Crippen LogP contribution is 2.53. The van der Waals surface area contributed by atoms with E-state index in [2.05, 4.69) is 27.7 Å². The Morgan fingerprint density at radius 2 is 2.00 bits per heavy atom. The molecule has 0 aromatic carbocycles. The molecule has 1 fully saturated rings. The van der Waals surface area contributed by atoms with Gasteiger partial charge >= 0.3 is 5.97 Å². The molecule has 0 aromatic rings. The Morgan fingerprint density at radius 3 is 2.31 bits per heavy atom. The molecule has 1 rings (SSSR count). The summed E-state index contributed by atoms with van der Waals surface area (Å²) in [5, 5.41) is 8.99. The first-order valence-electron chi connectivity index (χ1n) is 6.12. The molecule has 1 aliphatic carbocycles. The van der Waals surface area contributed by atoms with E-state index >= 15 is 0 Å². The highest BCUT2D eigenvalue weighted by atomic mass is 16.4. The van der Waals surface area contributed by atoms with E-state index in [4.69, 9.17) is 10.8 Å². The Bertz CT molecular complexity index is 270. The van der Waals surface area contributed by atoms with Crippen molar-refractivity contribution in [2.75, 3.05) is 6.54 Å². The number of carboxylic acid groups (broad SMARTS) is 1. The minimum absolute atomic E-state index is 0.163. The number of rotatable bonds is 3. The van der Waals surface area contributed by atoms with Crippen LogP contribution < -0.4 is 5.73 Å². The van der Waals surface area contributed by atoms with Crippen LogP contribution in [0.4, 0.5) is 0 Å². The molecule has 3 N–H and O–H groups in total. The van der Waals surface area contributed by atoms with Crippen molar-refractivity contribution < 1.29 is 9.90 Å². The molecule has 0 amide bonds. The maximum Gasteiger partial charge on any atom is 0.303 e. The van der Waals surface area contributed by atoms with Gasteiger partial charge in [0.15, 0.2) is 0 Å². The average molecular weight is 227 g/mol. The van der Waals surface area contributed by atoms with Gasteiger partial charge in [-0.05, 0) is 42.1 Å². The third-order valence-corrected chi connectivity index (χ3v) is 4.17. The number of carboxylic acids is 1. The van der Waals surface area contributed by atoms with Crippen LogP contribution >= 0.6 is 0 Å². The van der Waals surface area contributed by atoms with Crippen LogP contribution in [-0.4, -0.2) is 17.6 Å². The second-order valence-electron chi connectivity index (χ2n) is 6.63. The maximum atomic E-state index is 10.9. The van der Waals surface area contributed by atoms with Crippen LogP contribution in [0.3, 0.4) is 0 Å². The van der Waals surface area contributed by atoms with Crippen LogP contribution in [0.5, 0.6) is 0 Å². The summed E-state index contributed by atoms with van der Waals surface area (Å²) in [6.07, 6.45) is 2.14. The standard InChI is InChI=1S/C13H25NO2/c1-9-5-13(8-14,7-11(15)16)6-10(9)12(2,3)4/h9-10H,5-8,14H2,1-4H3,(H,15,16)/t9-,10-,13-/m0/s1. The Balaban J connectivity index is 2.83. The van der Waals surface area contributed by atoms with E-state index < -0.39 is 5.97 Å². The lowest BCUT2D eigenvalue weighted by atomic mass is 9.74. The van der Waals surface area contributed by atoms with Gasteiger partial charge in [0.2, 0.25) is 0 Å². The first kappa shape index (κ1) is 13.5. The van der Waals surface area contributed by atoms with Crippen LogP contribution in [0.2, 0.25) is 0 Å². The fourth-order valence-corrected chi connectivity index (χ4v) is 3.44. The lowest BCUT2D eigenvalue weighted by Crippen LogP contribution is -2.31. The third kappa shape index (κ3) is 2.76. The zero-order valence-corrected chi connectivity index (χ0v) is 10.9. The average Bonchev–Trinajstić information content (AvgIpc) is 2.42. The summed E-state index contributed by atoms with van der Waals surface area (Å²) in [6, 6.07) is 0. The van der Waals surface area contributed by atoms with Crippen molar-refractivity contribution in [1.29, 1.82) is 0 Å². The Labute approximate surface area is 98.4 Å². The van der Waals surface area contributed by atoms with Gasteiger partial charge < -0.3 is 10.8 Å². The zero-order chi connectivity index (χ0) is 12.6. The second-order valence-corrected chi connectivity index (χ2v) is 6.63. The third-order valence-electron chi connectivity index (χ3n) is 4.17. The van der Waals surface area contributed by atoms with Crippen LogP contribution in [0.1, 0.15) is 47.0 Å².